The third-order valence-corrected chi connectivity index (χ3v) is 12.9. The number of sulfonamides is 1. The maximum Gasteiger partial charge on any atom is 0.309 e. The minimum atomic E-state index is -3.91. The van der Waals surface area contributed by atoms with Crippen molar-refractivity contribution in [3.63, 3.8) is 0 Å². The van der Waals surface area contributed by atoms with Crippen molar-refractivity contribution in [2.24, 2.45) is 17.8 Å². The summed E-state index contributed by atoms with van der Waals surface area (Å²) in [6.07, 6.45) is -4.48. The highest BCUT2D eigenvalue weighted by molar-refractivity contribution is 7.89. The Morgan fingerprint density at radius 1 is 1.06 bits per heavy atom. The van der Waals surface area contributed by atoms with Crippen molar-refractivity contribution >= 4 is 39.2 Å². The SMILES string of the molecule is CC[C@H]1OC(=O)[C@H](C)C[C@H](C)[C@@H](O[C@@H]2O[C@H](C)C[C@H](N(C)CCNS(=O)(=O)c3cc(Cl)cc(Cl)c3)[C@H]2O)[C@](C)(O)C[C@@H](C)CN(C)[C@H](C)[C@@H](O)[C@]1(C)O. The predicted octanol–water partition coefficient (Wildman–Crippen LogP) is 3.66. The molecule has 53 heavy (non-hydrogen) atoms. The first-order valence-electron chi connectivity index (χ1n) is 18.6. The molecular weight excluding hydrogens is 749 g/mol. The van der Waals surface area contributed by atoms with Crippen molar-refractivity contribution in [2.45, 2.75) is 146 Å². The maximum atomic E-state index is 13.4. The van der Waals surface area contributed by atoms with Gasteiger partial charge in [-0.2, -0.15) is 0 Å². The third kappa shape index (κ3) is 11.9. The first-order chi connectivity index (χ1) is 24.4. The van der Waals surface area contributed by atoms with Gasteiger partial charge in [-0.25, -0.2) is 13.1 Å². The third-order valence-electron chi connectivity index (χ3n) is 11.0. The molecule has 0 bridgehead atoms. The van der Waals surface area contributed by atoms with Gasteiger partial charge in [0.25, 0.3) is 0 Å². The highest BCUT2D eigenvalue weighted by atomic mass is 35.5. The number of rotatable bonds is 9. The van der Waals surface area contributed by atoms with Gasteiger partial charge in [0.05, 0.1) is 28.6 Å². The number of cyclic esters (lactones) is 1. The van der Waals surface area contributed by atoms with Crippen LogP contribution in [0.4, 0.5) is 0 Å². The lowest BCUT2D eigenvalue weighted by atomic mass is 9.79. The molecule has 0 aromatic heterocycles. The van der Waals surface area contributed by atoms with E-state index < -0.39 is 81.8 Å². The van der Waals surface area contributed by atoms with Crippen molar-refractivity contribution < 1.29 is 47.8 Å². The molecule has 306 valence electrons. The molecule has 2 aliphatic rings. The van der Waals surface area contributed by atoms with Gasteiger partial charge in [0, 0.05) is 41.8 Å². The number of hydrogen-bond acceptors (Lipinski definition) is 12. The Kier molecular flexibility index (Phi) is 16.5. The summed E-state index contributed by atoms with van der Waals surface area (Å²) in [5, 5.41) is 47.0. The molecular formula is C37H63Cl2N3O10S. The van der Waals surface area contributed by atoms with E-state index >= 15 is 0 Å². The molecule has 13 nitrogen and oxygen atoms in total. The molecule has 0 aliphatic carbocycles. The Bertz CT molecular complexity index is 1450. The average molecular weight is 813 g/mol. The highest BCUT2D eigenvalue weighted by Gasteiger charge is 2.48. The van der Waals surface area contributed by atoms with Crippen LogP contribution in [-0.2, 0) is 29.0 Å². The molecule has 0 radical (unpaired) electrons. The number of nitrogens with one attached hydrogen (secondary N) is 1. The van der Waals surface area contributed by atoms with E-state index in [0.717, 1.165) is 0 Å². The van der Waals surface area contributed by atoms with E-state index in [2.05, 4.69) is 4.72 Å². The Labute approximate surface area is 326 Å². The second-order valence-electron chi connectivity index (χ2n) is 16.1. The van der Waals surface area contributed by atoms with Crippen molar-refractivity contribution in [3.05, 3.63) is 28.2 Å². The number of nitrogens with zero attached hydrogens (tertiary/aromatic N) is 2. The number of ether oxygens (including phenoxy) is 3. The number of carbonyl (C=O) groups excluding carboxylic acids is 1. The predicted molar refractivity (Wildman–Crippen MR) is 204 cm³/mol. The van der Waals surface area contributed by atoms with Crippen LogP contribution in [0.2, 0.25) is 10.0 Å². The van der Waals surface area contributed by atoms with Crippen LogP contribution in [0, 0.1) is 17.8 Å². The van der Waals surface area contributed by atoms with Gasteiger partial charge in [0.15, 0.2) is 6.29 Å². The molecule has 2 fully saturated rings. The van der Waals surface area contributed by atoms with Crippen LogP contribution in [0.25, 0.3) is 0 Å². The second kappa shape index (κ2) is 18.9. The molecule has 0 spiro atoms. The first-order valence-corrected chi connectivity index (χ1v) is 20.8. The van der Waals surface area contributed by atoms with E-state index in [1.807, 2.05) is 37.6 Å². The van der Waals surface area contributed by atoms with Gasteiger partial charge in [-0.05, 0) is 97.5 Å². The average Bonchev–Trinajstić information content (AvgIpc) is 3.04. The van der Waals surface area contributed by atoms with Gasteiger partial charge in [-0.15, -0.1) is 0 Å². The molecule has 13 atom stereocenters. The van der Waals surface area contributed by atoms with E-state index in [1.54, 1.807) is 34.7 Å². The van der Waals surface area contributed by atoms with Gasteiger partial charge in [-0.3, -0.25) is 9.69 Å². The molecule has 3 rings (SSSR count). The van der Waals surface area contributed by atoms with Crippen molar-refractivity contribution in [1.29, 1.82) is 0 Å². The van der Waals surface area contributed by atoms with Crippen LogP contribution in [0.3, 0.4) is 0 Å². The van der Waals surface area contributed by atoms with Gasteiger partial charge in [0.2, 0.25) is 10.0 Å². The van der Waals surface area contributed by atoms with Crippen LogP contribution in [0.5, 0.6) is 0 Å². The molecule has 0 saturated carbocycles. The van der Waals surface area contributed by atoms with E-state index in [1.165, 1.54) is 25.1 Å². The highest BCUT2D eigenvalue weighted by Crippen LogP contribution is 2.36. The Hall–Kier alpha value is -1.14. The Balaban J connectivity index is 1.83. The summed E-state index contributed by atoms with van der Waals surface area (Å²) in [4.78, 5) is 17.1. The first kappa shape index (κ1) is 46.2. The number of aliphatic hydroxyl groups is 4. The second-order valence-corrected chi connectivity index (χ2v) is 18.8. The normalized spacial score (nSPS) is 39.0. The summed E-state index contributed by atoms with van der Waals surface area (Å²) >= 11 is 12.0. The molecule has 5 N–H and O–H groups in total. The fourth-order valence-electron chi connectivity index (χ4n) is 8.02. The summed E-state index contributed by atoms with van der Waals surface area (Å²) < 4.78 is 47.0. The van der Waals surface area contributed by atoms with E-state index in [0.29, 0.717) is 19.4 Å². The number of esters is 1. The number of likely N-dealkylation sites (N-methyl/N-ethyl adjacent to an activating group) is 2. The summed E-state index contributed by atoms with van der Waals surface area (Å²) in [7, 11) is -0.294. The Morgan fingerprint density at radius 2 is 1.66 bits per heavy atom. The van der Waals surface area contributed by atoms with E-state index in [9.17, 15) is 33.6 Å². The number of hydrogen-bond donors (Lipinski definition) is 5. The molecule has 0 amide bonds. The van der Waals surface area contributed by atoms with E-state index in [4.69, 9.17) is 37.4 Å². The summed E-state index contributed by atoms with van der Waals surface area (Å²) in [6, 6.07) is 3.08. The monoisotopic (exact) mass is 811 g/mol. The summed E-state index contributed by atoms with van der Waals surface area (Å²) in [6.45, 7) is 14.9. The molecule has 16 heteroatoms. The van der Waals surface area contributed by atoms with Crippen LogP contribution in [0.15, 0.2) is 23.1 Å². The number of benzene rings is 1. The lowest BCUT2D eigenvalue weighted by Crippen LogP contribution is -2.59. The minimum absolute atomic E-state index is 0.0333. The zero-order valence-electron chi connectivity index (χ0n) is 32.8. The van der Waals surface area contributed by atoms with Crippen molar-refractivity contribution in [3.8, 4) is 0 Å². The fourth-order valence-corrected chi connectivity index (χ4v) is 9.77. The molecule has 2 saturated heterocycles. The smallest absolute Gasteiger partial charge is 0.309 e. The van der Waals surface area contributed by atoms with Gasteiger partial charge < -0.3 is 39.5 Å². The van der Waals surface area contributed by atoms with Crippen LogP contribution in [0.1, 0.15) is 81.1 Å². The molecule has 0 unspecified atom stereocenters. The standard InChI is InChI=1S/C37H63Cl2N3O10S/c1-11-30-37(8,47)32(44)25(6)42(10)20-21(2)19-36(7,46)33(22(3)14-23(4)34(45)51-30)52-35-31(43)29(15-24(5)50-35)41(9)13-12-40-53(48,49)28-17-26(38)16-27(39)18-28/h16-18,21-25,29-33,35,40,43-44,46-47H,11-15,19-20H2,1-10H3/t21-,22+,23-,24-,25-,29+,30-,31-,32-,33-,35+,36-,37-/m1/s1. The minimum Gasteiger partial charge on any atom is -0.459 e. The zero-order valence-corrected chi connectivity index (χ0v) is 35.2. The summed E-state index contributed by atoms with van der Waals surface area (Å²) in [5.41, 5.74) is -3.16. The largest absolute Gasteiger partial charge is 0.459 e. The van der Waals surface area contributed by atoms with Crippen LogP contribution in [-0.4, -0.2) is 138 Å². The number of halogens is 2. The van der Waals surface area contributed by atoms with Crippen molar-refractivity contribution in [2.75, 3.05) is 33.7 Å². The number of carbonyl (C=O) groups is 1. The molecule has 1 aromatic carbocycles. The van der Waals surface area contributed by atoms with Gasteiger partial charge in [0.1, 0.15) is 23.9 Å². The molecule has 2 aliphatic heterocycles. The lowest BCUT2D eigenvalue weighted by molar-refractivity contribution is -0.296. The summed E-state index contributed by atoms with van der Waals surface area (Å²) in [5.74, 6) is -1.72. The van der Waals surface area contributed by atoms with E-state index in [-0.39, 0.29) is 52.9 Å². The Morgan fingerprint density at radius 3 is 2.25 bits per heavy atom. The zero-order chi connectivity index (χ0) is 40.2. The van der Waals surface area contributed by atoms with Crippen molar-refractivity contribution in [1.82, 2.24) is 14.5 Å². The molecule has 2 heterocycles. The van der Waals surface area contributed by atoms with Gasteiger partial charge in [-0.1, -0.05) is 50.9 Å². The van der Waals surface area contributed by atoms with Gasteiger partial charge >= 0.3 is 5.97 Å². The molecule has 1 aromatic rings. The fraction of sp³-hybridized carbons (Fsp3) is 0.811. The lowest BCUT2D eigenvalue weighted by Gasteiger charge is -2.46. The topological polar surface area (TPSA) is 178 Å². The quantitative estimate of drug-likeness (QED) is 0.229. The van der Waals surface area contributed by atoms with Crippen LogP contribution >= 0.6 is 23.2 Å². The van der Waals surface area contributed by atoms with Crippen LogP contribution < -0.4 is 4.72 Å². The number of aliphatic hydroxyl groups excluding tert-OH is 2. The maximum absolute atomic E-state index is 13.4.